The van der Waals surface area contributed by atoms with Crippen molar-refractivity contribution in [3.63, 3.8) is 0 Å². The Labute approximate surface area is 111 Å². The summed E-state index contributed by atoms with van der Waals surface area (Å²) in [4.78, 5) is 29.3. The normalized spacial score (nSPS) is 10.3. The molecule has 106 valence electrons. The number of allylic oxidation sites excluding steroid dienone is 2. The minimum Gasteiger partial charge on any atom is -0.407 e. The van der Waals surface area contributed by atoms with Crippen LogP contribution in [0.2, 0.25) is 0 Å². The average Bonchev–Trinajstić information content (AvgIpc) is 2.35. The Morgan fingerprint density at radius 3 is 2.58 bits per heavy atom. The highest BCUT2D eigenvalue weighted by molar-refractivity contribution is 5.03. The first kappa shape index (κ1) is 15.2. The number of hydrogen-bond acceptors (Lipinski definition) is 4. The van der Waals surface area contributed by atoms with E-state index in [1.165, 1.54) is 6.20 Å². The highest BCUT2D eigenvalue weighted by Gasteiger charge is 2.08. The molecule has 1 heterocycles. The topological polar surface area (TPSA) is 62.5 Å². The summed E-state index contributed by atoms with van der Waals surface area (Å²) < 4.78 is 7.07. The summed E-state index contributed by atoms with van der Waals surface area (Å²) in [6.45, 7) is 6.34. The fraction of sp³-hybridized carbons (Fsp3) is 0.538. The van der Waals surface area contributed by atoms with Gasteiger partial charge in [-0.25, -0.2) is 4.79 Å². The molecule has 6 nitrogen and oxygen atoms in total. The van der Waals surface area contributed by atoms with E-state index in [-0.39, 0.29) is 18.7 Å². The van der Waals surface area contributed by atoms with Crippen LogP contribution in [0.3, 0.4) is 0 Å². The lowest BCUT2D eigenvalue weighted by molar-refractivity contribution is 0.0480. The quantitative estimate of drug-likeness (QED) is 0.552. The van der Waals surface area contributed by atoms with E-state index >= 15 is 0 Å². The summed E-state index contributed by atoms with van der Waals surface area (Å²) in [7, 11) is 1.55. The van der Waals surface area contributed by atoms with Crippen LogP contribution in [0.1, 0.15) is 19.4 Å². The lowest BCUT2D eigenvalue weighted by Crippen LogP contribution is -2.43. The zero-order valence-corrected chi connectivity index (χ0v) is 11.8. The maximum atomic E-state index is 12.1. The Morgan fingerprint density at radius 2 is 2.00 bits per heavy atom. The van der Waals surface area contributed by atoms with Crippen molar-refractivity contribution in [2.45, 2.75) is 27.3 Å². The van der Waals surface area contributed by atoms with Crippen molar-refractivity contribution >= 4 is 0 Å². The second-order valence-electron chi connectivity index (χ2n) is 4.44. The summed E-state index contributed by atoms with van der Waals surface area (Å²) in [5.74, 6) is 0. The summed E-state index contributed by atoms with van der Waals surface area (Å²) in [6.07, 6.45) is 3.22. The van der Waals surface area contributed by atoms with Gasteiger partial charge in [0.2, 0.25) is 0 Å². The first-order valence-electron chi connectivity index (χ1n) is 6.06. The van der Waals surface area contributed by atoms with Crippen LogP contribution in [0.4, 0.5) is 0 Å². The van der Waals surface area contributed by atoms with Crippen LogP contribution in [0.15, 0.2) is 27.4 Å². The fourth-order valence-electron chi connectivity index (χ4n) is 1.45. The van der Waals surface area contributed by atoms with Crippen LogP contribution in [0.25, 0.3) is 0 Å². The maximum absolute atomic E-state index is 12.1. The molecule has 1 aromatic rings. The SMILES string of the molecule is COCCOn1cc(C)c(=O)n(CC=C(C)C)c1=O. The summed E-state index contributed by atoms with van der Waals surface area (Å²) in [5.41, 5.74) is 0.720. The summed E-state index contributed by atoms with van der Waals surface area (Å²) >= 11 is 0. The molecule has 0 saturated carbocycles. The predicted octanol–water partition coefficient (Wildman–Crippen LogP) is 0.360. The van der Waals surface area contributed by atoms with E-state index in [0.29, 0.717) is 12.2 Å². The molecule has 0 aliphatic heterocycles. The van der Waals surface area contributed by atoms with E-state index in [1.54, 1.807) is 14.0 Å². The molecule has 0 fully saturated rings. The van der Waals surface area contributed by atoms with Gasteiger partial charge in [0.05, 0.1) is 12.8 Å². The molecule has 0 amide bonds. The van der Waals surface area contributed by atoms with E-state index in [2.05, 4.69) is 0 Å². The molecular weight excluding hydrogens is 248 g/mol. The van der Waals surface area contributed by atoms with E-state index in [4.69, 9.17) is 9.57 Å². The molecule has 6 heteroatoms. The van der Waals surface area contributed by atoms with E-state index in [0.717, 1.165) is 14.9 Å². The van der Waals surface area contributed by atoms with E-state index < -0.39 is 5.69 Å². The van der Waals surface area contributed by atoms with Gasteiger partial charge in [-0.05, 0) is 20.8 Å². The molecule has 0 saturated heterocycles. The van der Waals surface area contributed by atoms with Gasteiger partial charge in [-0.3, -0.25) is 9.36 Å². The average molecular weight is 268 g/mol. The number of ether oxygens (including phenoxy) is 1. The maximum Gasteiger partial charge on any atom is 0.364 e. The van der Waals surface area contributed by atoms with Gasteiger partial charge in [0.15, 0.2) is 0 Å². The Morgan fingerprint density at radius 1 is 1.32 bits per heavy atom. The van der Waals surface area contributed by atoms with Gasteiger partial charge in [-0.2, -0.15) is 0 Å². The molecular formula is C13H20N2O4. The molecule has 0 unspecified atom stereocenters. The molecule has 0 bridgehead atoms. The van der Waals surface area contributed by atoms with Gasteiger partial charge in [0, 0.05) is 19.2 Å². The Kier molecular flexibility index (Phi) is 5.57. The zero-order chi connectivity index (χ0) is 14.4. The fourth-order valence-corrected chi connectivity index (χ4v) is 1.45. The highest BCUT2D eigenvalue weighted by Crippen LogP contribution is 1.91. The zero-order valence-electron chi connectivity index (χ0n) is 11.8. The van der Waals surface area contributed by atoms with Gasteiger partial charge < -0.3 is 9.57 Å². The van der Waals surface area contributed by atoms with Gasteiger partial charge in [0.25, 0.3) is 5.56 Å². The van der Waals surface area contributed by atoms with Gasteiger partial charge in [-0.1, -0.05) is 11.6 Å². The van der Waals surface area contributed by atoms with Crippen LogP contribution >= 0.6 is 0 Å². The molecule has 19 heavy (non-hydrogen) atoms. The van der Waals surface area contributed by atoms with Crippen LogP contribution in [-0.2, 0) is 11.3 Å². The lowest BCUT2D eigenvalue weighted by Gasteiger charge is -2.11. The van der Waals surface area contributed by atoms with Crippen molar-refractivity contribution in [3.8, 4) is 0 Å². The monoisotopic (exact) mass is 268 g/mol. The summed E-state index contributed by atoms with van der Waals surface area (Å²) in [5, 5.41) is 0. The summed E-state index contributed by atoms with van der Waals surface area (Å²) in [6, 6.07) is 0. The molecule has 1 aromatic heterocycles. The third-order valence-electron chi connectivity index (χ3n) is 2.51. The first-order valence-corrected chi connectivity index (χ1v) is 6.06. The standard InChI is InChI=1S/C13H20N2O4/c1-10(2)5-6-14-12(16)11(3)9-15(13(14)17)19-8-7-18-4/h5,9H,6-8H2,1-4H3. The Hall–Kier alpha value is -1.82. The number of methoxy groups -OCH3 is 1. The lowest BCUT2D eigenvalue weighted by atomic mass is 10.3. The number of rotatable bonds is 6. The van der Waals surface area contributed by atoms with Crippen LogP contribution in [-0.4, -0.2) is 29.6 Å². The minimum absolute atomic E-state index is 0.245. The second kappa shape index (κ2) is 6.94. The predicted molar refractivity (Wildman–Crippen MR) is 72.5 cm³/mol. The molecule has 0 atom stereocenters. The third kappa shape index (κ3) is 4.10. The number of aryl methyl sites for hydroxylation is 1. The van der Waals surface area contributed by atoms with Crippen molar-refractivity contribution in [2.75, 3.05) is 20.3 Å². The van der Waals surface area contributed by atoms with Crippen molar-refractivity contribution in [1.29, 1.82) is 0 Å². The van der Waals surface area contributed by atoms with E-state index in [9.17, 15) is 9.59 Å². The molecule has 0 aromatic carbocycles. The van der Waals surface area contributed by atoms with E-state index in [1.807, 2.05) is 19.9 Å². The molecule has 0 aliphatic rings. The Balaban J connectivity index is 3.12. The van der Waals surface area contributed by atoms with Crippen molar-refractivity contribution in [1.82, 2.24) is 9.30 Å². The van der Waals surface area contributed by atoms with Crippen LogP contribution < -0.4 is 16.1 Å². The van der Waals surface area contributed by atoms with Gasteiger partial charge in [0.1, 0.15) is 6.61 Å². The number of aromatic nitrogens is 2. The van der Waals surface area contributed by atoms with Gasteiger partial charge in [-0.15, -0.1) is 4.73 Å². The highest BCUT2D eigenvalue weighted by atomic mass is 16.7. The number of hydrogen-bond donors (Lipinski definition) is 0. The molecule has 1 rings (SSSR count). The van der Waals surface area contributed by atoms with Crippen LogP contribution in [0, 0.1) is 6.92 Å². The van der Waals surface area contributed by atoms with Crippen molar-refractivity contribution < 1.29 is 9.57 Å². The molecule has 0 N–H and O–H groups in total. The van der Waals surface area contributed by atoms with Crippen molar-refractivity contribution in [3.05, 3.63) is 44.2 Å². The van der Waals surface area contributed by atoms with Crippen LogP contribution in [0.5, 0.6) is 0 Å². The second-order valence-corrected chi connectivity index (χ2v) is 4.44. The largest absolute Gasteiger partial charge is 0.407 e. The molecule has 0 radical (unpaired) electrons. The first-order chi connectivity index (χ1) is 8.97. The van der Waals surface area contributed by atoms with Crippen molar-refractivity contribution in [2.24, 2.45) is 0 Å². The smallest absolute Gasteiger partial charge is 0.364 e. The number of nitrogens with zero attached hydrogens (tertiary/aromatic N) is 2. The van der Waals surface area contributed by atoms with Gasteiger partial charge >= 0.3 is 5.69 Å². The molecule has 0 spiro atoms. The molecule has 0 aliphatic carbocycles. The Bertz CT molecular complexity index is 565. The third-order valence-corrected chi connectivity index (χ3v) is 2.51. The minimum atomic E-state index is -0.482.